The van der Waals surface area contributed by atoms with Gasteiger partial charge in [-0.1, -0.05) is 25.5 Å². The van der Waals surface area contributed by atoms with Gasteiger partial charge in [-0.25, -0.2) is 0 Å². The lowest BCUT2D eigenvalue weighted by Crippen LogP contribution is -2.35. The zero-order valence-electron chi connectivity index (χ0n) is 10.1. The highest BCUT2D eigenvalue weighted by Crippen LogP contribution is 2.41. The van der Waals surface area contributed by atoms with Gasteiger partial charge in [0.05, 0.1) is 6.42 Å². The summed E-state index contributed by atoms with van der Waals surface area (Å²) in [6, 6.07) is 0. The van der Waals surface area contributed by atoms with Crippen LogP contribution in [0.15, 0.2) is 11.6 Å². The van der Waals surface area contributed by atoms with Gasteiger partial charge in [-0.2, -0.15) is 0 Å². The molecule has 0 saturated heterocycles. The molecule has 0 spiro atoms. The molecule has 15 heavy (non-hydrogen) atoms. The van der Waals surface area contributed by atoms with Crippen molar-refractivity contribution in [2.24, 2.45) is 11.3 Å². The second-order valence-electron chi connectivity index (χ2n) is 5.25. The maximum absolute atomic E-state index is 12.0. The quantitative estimate of drug-likeness (QED) is 0.528. The predicted molar refractivity (Wildman–Crippen MR) is 60.6 cm³/mol. The Labute approximate surface area is 91.7 Å². The third-order valence-electron chi connectivity index (χ3n) is 3.24. The number of ketones is 2. The second kappa shape index (κ2) is 4.30. The molecule has 0 aliphatic heterocycles. The van der Waals surface area contributed by atoms with Crippen LogP contribution in [0.3, 0.4) is 0 Å². The van der Waals surface area contributed by atoms with E-state index in [2.05, 4.69) is 19.9 Å². The molecule has 0 fully saturated rings. The van der Waals surface area contributed by atoms with Crippen molar-refractivity contribution < 1.29 is 9.59 Å². The Bertz CT molecular complexity index is 310. The average molecular weight is 208 g/mol. The van der Waals surface area contributed by atoms with Crippen molar-refractivity contribution in [3.8, 4) is 0 Å². The van der Waals surface area contributed by atoms with E-state index in [-0.39, 0.29) is 29.3 Å². The average Bonchev–Trinajstić information content (AvgIpc) is 1.99. The van der Waals surface area contributed by atoms with Gasteiger partial charge in [0.2, 0.25) is 0 Å². The van der Waals surface area contributed by atoms with Crippen LogP contribution in [0.1, 0.15) is 47.0 Å². The first-order chi connectivity index (χ1) is 6.84. The van der Waals surface area contributed by atoms with Gasteiger partial charge in [0, 0.05) is 5.92 Å². The topological polar surface area (TPSA) is 34.1 Å². The van der Waals surface area contributed by atoms with Crippen LogP contribution in [0.4, 0.5) is 0 Å². The molecule has 1 rings (SSSR count). The van der Waals surface area contributed by atoms with Crippen LogP contribution < -0.4 is 0 Å². The third-order valence-corrected chi connectivity index (χ3v) is 3.24. The zero-order chi connectivity index (χ0) is 11.6. The summed E-state index contributed by atoms with van der Waals surface area (Å²) in [5, 5.41) is 0. The van der Waals surface area contributed by atoms with Gasteiger partial charge in [-0.05, 0) is 32.1 Å². The molecule has 1 aliphatic carbocycles. The summed E-state index contributed by atoms with van der Waals surface area (Å²) < 4.78 is 0. The fourth-order valence-electron chi connectivity index (χ4n) is 2.59. The molecule has 0 unspecified atom stereocenters. The van der Waals surface area contributed by atoms with Crippen molar-refractivity contribution in [1.82, 2.24) is 0 Å². The van der Waals surface area contributed by atoms with Crippen LogP contribution in [-0.4, -0.2) is 11.6 Å². The van der Waals surface area contributed by atoms with Crippen molar-refractivity contribution in [2.45, 2.75) is 47.0 Å². The highest BCUT2D eigenvalue weighted by Gasteiger charge is 2.37. The van der Waals surface area contributed by atoms with E-state index in [4.69, 9.17) is 0 Å². The molecular weight excluding hydrogens is 188 g/mol. The highest BCUT2D eigenvalue weighted by molar-refractivity contribution is 6.00. The van der Waals surface area contributed by atoms with Crippen molar-refractivity contribution in [1.29, 1.82) is 0 Å². The number of allylic oxidation sites excluding steroid dienone is 2. The molecule has 0 aromatic carbocycles. The van der Waals surface area contributed by atoms with Gasteiger partial charge in [-0.15, -0.1) is 0 Å². The zero-order valence-corrected chi connectivity index (χ0v) is 10.1. The smallest absolute Gasteiger partial charge is 0.147 e. The molecule has 0 saturated carbocycles. The lowest BCUT2D eigenvalue weighted by Gasteiger charge is -2.37. The molecular formula is C13H20O2. The Balaban J connectivity index is 2.89. The van der Waals surface area contributed by atoms with Crippen LogP contribution >= 0.6 is 0 Å². The Hall–Kier alpha value is -0.920. The molecule has 0 N–H and O–H groups in total. The third kappa shape index (κ3) is 2.77. The SMILES string of the molecule is CC(=O)CC(=O)[C@H]1C(C)=CCCC1(C)C. The summed E-state index contributed by atoms with van der Waals surface area (Å²) in [6.07, 6.45) is 4.29. The number of carbonyl (C=O) groups is 2. The number of carbonyl (C=O) groups excluding carboxylic acids is 2. The largest absolute Gasteiger partial charge is 0.300 e. The minimum atomic E-state index is -0.0600. The molecule has 0 radical (unpaired) electrons. The first kappa shape index (κ1) is 12.2. The molecule has 0 aromatic heterocycles. The molecule has 0 aromatic rings. The fraction of sp³-hybridized carbons (Fsp3) is 0.692. The highest BCUT2D eigenvalue weighted by atomic mass is 16.1. The van der Waals surface area contributed by atoms with Crippen molar-refractivity contribution >= 4 is 11.6 Å². The lowest BCUT2D eigenvalue weighted by atomic mass is 9.66. The van der Waals surface area contributed by atoms with Gasteiger partial charge in [-0.3, -0.25) is 9.59 Å². The monoisotopic (exact) mass is 208 g/mol. The van der Waals surface area contributed by atoms with E-state index in [1.807, 2.05) is 6.92 Å². The van der Waals surface area contributed by atoms with Crippen molar-refractivity contribution in [3.05, 3.63) is 11.6 Å². The van der Waals surface area contributed by atoms with E-state index in [9.17, 15) is 9.59 Å². The van der Waals surface area contributed by atoms with E-state index in [1.165, 1.54) is 6.92 Å². The van der Waals surface area contributed by atoms with Gasteiger partial charge >= 0.3 is 0 Å². The maximum atomic E-state index is 12.0. The number of rotatable bonds is 3. The molecule has 2 heteroatoms. The van der Waals surface area contributed by atoms with Crippen LogP contribution in [-0.2, 0) is 9.59 Å². The van der Waals surface area contributed by atoms with Crippen molar-refractivity contribution in [3.63, 3.8) is 0 Å². The Kier molecular flexibility index (Phi) is 3.48. The van der Waals surface area contributed by atoms with Gasteiger partial charge in [0.15, 0.2) is 0 Å². The minimum absolute atomic E-state index is 0.00532. The Morgan fingerprint density at radius 2 is 2.07 bits per heavy atom. The molecule has 0 heterocycles. The summed E-state index contributed by atoms with van der Waals surface area (Å²) in [5.74, 6) is -0.00901. The molecule has 0 bridgehead atoms. The number of hydrogen-bond donors (Lipinski definition) is 0. The summed E-state index contributed by atoms with van der Waals surface area (Å²) in [7, 11) is 0. The van der Waals surface area contributed by atoms with Crippen LogP contribution in [0, 0.1) is 11.3 Å². The number of hydrogen-bond acceptors (Lipinski definition) is 2. The van der Waals surface area contributed by atoms with Crippen LogP contribution in [0.2, 0.25) is 0 Å². The first-order valence-corrected chi connectivity index (χ1v) is 5.53. The van der Waals surface area contributed by atoms with Crippen LogP contribution in [0.5, 0.6) is 0 Å². The van der Waals surface area contributed by atoms with Crippen LogP contribution in [0.25, 0.3) is 0 Å². The van der Waals surface area contributed by atoms with E-state index >= 15 is 0 Å². The molecule has 0 amide bonds. The van der Waals surface area contributed by atoms with Gasteiger partial charge in [0.1, 0.15) is 11.6 Å². The predicted octanol–water partition coefficient (Wildman–Crippen LogP) is 2.92. The maximum Gasteiger partial charge on any atom is 0.147 e. The Morgan fingerprint density at radius 1 is 1.47 bits per heavy atom. The molecule has 2 nitrogen and oxygen atoms in total. The normalized spacial score (nSPS) is 24.5. The summed E-state index contributed by atoms with van der Waals surface area (Å²) in [4.78, 5) is 22.9. The fourth-order valence-corrected chi connectivity index (χ4v) is 2.59. The standard InChI is InChI=1S/C13H20O2/c1-9-6-5-7-13(3,4)12(9)11(15)8-10(2)14/h6,12H,5,7-8H2,1-4H3/t12-/m1/s1. The molecule has 1 atom stereocenters. The van der Waals surface area contributed by atoms with E-state index in [0.717, 1.165) is 18.4 Å². The van der Waals surface area contributed by atoms with E-state index in [1.54, 1.807) is 0 Å². The van der Waals surface area contributed by atoms with E-state index in [0.29, 0.717) is 0 Å². The molecule has 84 valence electrons. The van der Waals surface area contributed by atoms with Gasteiger partial charge in [0.25, 0.3) is 0 Å². The van der Waals surface area contributed by atoms with Gasteiger partial charge < -0.3 is 0 Å². The van der Waals surface area contributed by atoms with Crippen molar-refractivity contribution in [2.75, 3.05) is 0 Å². The summed E-state index contributed by atoms with van der Waals surface area (Å²) in [6.45, 7) is 7.72. The lowest BCUT2D eigenvalue weighted by molar-refractivity contribution is -0.130. The Morgan fingerprint density at radius 3 is 2.53 bits per heavy atom. The minimum Gasteiger partial charge on any atom is -0.300 e. The summed E-state index contributed by atoms with van der Waals surface area (Å²) in [5.41, 5.74) is 1.14. The van der Waals surface area contributed by atoms with E-state index < -0.39 is 0 Å². The molecule has 1 aliphatic rings. The number of Topliss-reactive ketones (excluding diaryl/α,β-unsaturated/α-hetero) is 2. The second-order valence-corrected chi connectivity index (χ2v) is 5.25. The summed E-state index contributed by atoms with van der Waals surface area (Å²) >= 11 is 0. The first-order valence-electron chi connectivity index (χ1n) is 5.53.